The molecular weight excluding hydrogens is 422 g/mol. The fourth-order valence-electron chi connectivity index (χ4n) is 7.02. The topological polar surface area (TPSA) is 66.4 Å². The lowest BCUT2D eigenvalue weighted by Crippen LogP contribution is -2.54. The molecule has 4 nitrogen and oxygen atoms in total. The molecule has 0 spiro atoms. The lowest BCUT2D eigenvalue weighted by molar-refractivity contribution is -0.120. The monoisotopic (exact) mass is 467 g/mol. The second kappa shape index (κ2) is 8.84. The fraction of sp³-hybridized carbons (Fsp3) is 0.667. The van der Waals surface area contributed by atoms with Crippen LogP contribution in [0.3, 0.4) is 0 Å². The van der Waals surface area contributed by atoms with Crippen LogP contribution in [-0.2, 0) is 9.59 Å². The molecule has 2 fully saturated rings. The average Bonchev–Trinajstić information content (AvgIpc) is 2.73. The SMILES string of the molecule is CC(=O)NC(C)(C)CC[C@]1(C)CC[C@]2(C)/C3=C/C=C/C(C)=C(/O)C(=O)/C=C/[C@]3(C)CC[C@@]2(C)C1. The Morgan fingerprint density at radius 3 is 2.41 bits per heavy atom. The molecule has 4 heteroatoms. The minimum Gasteiger partial charge on any atom is -0.504 e. The summed E-state index contributed by atoms with van der Waals surface area (Å²) >= 11 is 0. The second-order valence-electron chi connectivity index (χ2n) is 13.0. The van der Waals surface area contributed by atoms with E-state index in [1.807, 2.05) is 18.2 Å². The Bertz CT molecular complexity index is 983. The van der Waals surface area contributed by atoms with Crippen molar-refractivity contribution in [3.05, 3.63) is 47.3 Å². The highest BCUT2D eigenvalue weighted by Gasteiger charge is 2.59. The van der Waals surface area contributed by atoms with Gasteiger partial charge in [-0.05, 0) is 93.6 Å². The maximum atomic E-state index is 12.5. The van der Waals surface area contributed by atoms with Gasteiger partial charge in [0.2, 0.25) is 11.7 Å². The summed E-state index contributed by atoms with van der Waals surface area (Å²) < 4.78 is 0. The first-order valence-electron chi connectivity index (χ1n) is 12.9. The molecule has 3 rings (SSSR count). The van der Waals surface area contributed by atoms with Gasteiger partial charge < -0.3 is 10.4 Å². The van der Waals surface area contributed by atoms with E-state index in [4.69, 9.17) is 0 Å². The maximum absolute atomic E-state index is 12.5. The Morgan fingerprint density at radius 1 is 1.09 bits per heavy atom. The van der Waals surface area contributed by atoms with Crippen LogP contribution < -0.4 is 5.32 Å². The summed E-state index contributed by atoms with van der Waals surface area (Å²) in [5.41, 5.74) is 2.03. The minimum absolute atomic E-state index is 0.0310. The lowest BCUT2D eigenvalue weighted by atomic mass is 9.41. The van der Waals surface area contributed by atoms with Gasteiger partial charge in [-0.15, -0.1) is 0 Å². The molecule has 0 bridgehead atoms. The molecule has 0 unspecified atom stereocenters. The van der Waals surface area contributed by atoms with E-state index in [0.29, 0.717) is 5.57 Å². The third-order valence-corrected chi connectivity index (χ3v) is 9.47. The molecule has 0 radical (unpaired) electrons. The molecule has 0 saturated heterocycles. The summed E-state index contributed by atoms with van der Waals surface area (Å²) in [6.07, 6.45) is 17.3. The normalized spacial score (nSPS) is 42.0. The zero-order valence-corrected chi connectivity index (χ0v) is 22.6. The molecule has 0 aromatic carbocycles. The second-order valence-corrected chi connectivity index (χ2v) is 13.0. The average molecular weight is 468 g/mol. The third-order valence-electron chi connectivity index (χ3n) is 9.47. The summed E-state index contributed by atoms with van der Waals surface area (Å²) in [4.78, 5) is 24.1. The predicted octanol–water partition coefficient (Wildman–Crippen LogP) is 7.14. The van der Waals surface area contributed by atoms with Crippen molar-refractivity contribution >= 4 is 11.7 Å². The molecule has 188 valence electrons. The van der Waals surface area contributed by atoms with Crippen molar-refractivity contribution in [2.24, 2.45) is 21.7 Å². The largest absolute Gasteiger partial charge is 0.504 e. The van der Waals surface area contributed by atoms with Gasteiger partial charge in [-0.2, -0.15) is 0 Å². The zero-order valence-electron chi connectivity index (χ0n) is 22.6. The molecule has 0 aromatic heterocycles. The van der Waals surface area contributed by atoms with Crippen LogP contribution in [0.5, 0.6) is 0 Å². The van der Waals surface area contributed by atoms with E-state index in [0.717, 1.165) is 44.9 Å². The maximum Gasteiger partial charge on any atom is 0.220 e. The summed E-state index contributed by atoms with van der Waals surface area (Å²) in [5.74, 6) is -0.456. The van der Waals surface area contributed by atoms with Crippen molar-refractivity contribution in [3.8, 4) is 0 Å². The van der Waals surface area contributed by atoms with E-state index in [1.54, 1.807) is 19.9 Å². The van der Waals surface area contributed by atoms with Crippen LogP contribution in [0.15, 0.2) is 47.3 Å². The Kier molecular flexibility index (Phi) is 6.89. The highest BCUT2D eigenvalue weighted by atomic mass is 16.3. The number of carbonyl (C=O) groups is 2. The third kappa shape index (κ3) is 4.97. The molecule has 3 aliphatic carbocycles. The zero-order chi connectivity index (χ0) is 25.6. The van der Waals surface area contributed by atoms with Gasteiger partial charge >= 0.3 is 0 Å². The van der Waals surface area contributed by atoms with Crippen molar-refractivity contribution in [1.82, 2.24) is 5.32 Å². The molecular formula is C30H45NO3. The number of aliphatic hydroxyl groups is 1. The summed E-state index contributed by atoms with van der Waals surface area (Å²) in [6.45, 7) is 17.2. The number of carbonyl (C=O) groups excluding carboxylic acids is 2. The van der Waals surface area contributed by atoms with Gasteiger partial charge in [0.1, 0.15) is 0 Å². The Labute approximate surface area is 206 Å². The fourth-order valence-corrected chi connectivity index (χ4v) is 7.02. The summed E-state index contributed by atoms with van der Waals surface area (Å²) in [7, 11) is 0. The lowest BCUT2D eigenvalue weighted by Gasteiger charge is -2.63. The van der Waals surface area contributed by atoms with E-state index in [9.17, 15) is 14.7 Å². The van der Waals surface area contributed by atoms with Crippen LogP contribution in [-0.4, -0.2) is 22.3 Å². The number of amides is 1. The quantitative estimate of drug-likeness (QED) is 0.462. The number of allylic oxidation sites excluding steroid dienone is 7. The van der Waals surface area contributed by atoms with E-state index in [2.05, 4.69) is 52.9 Å². The standard InChI is InChI=1S/C30H45NO3/c1-21-10-9-11-24-28(6,13-12-23(33)25(21)34)17-18-29(7)20-27(5,16-19-30(24,29)8)15-14-26(3,4)31-22(2)32/h9-13,34H,14-20H2,1-8H3,(H,31,32)/b10-9+,13-12+,24-11+,25-21+/t27-,28-,29+,30-/m1/s1. The highest BCUT2D eigenvalue weighted by Crippen LogP contribution is 2.69. The van der Waals surface area contributed by atoms with Crippen molar-refractivity contribution in [2.45, 2.75) is 106 Å². The molecule has 4 atom stereocenters. The van der Waals surface area contributed by atoms with Gasteiger partial charge in [-0.3, -0.25) is 9.59 Å². The van der Waals surface area contributed by atoms with Crippen LogP contribution in [0.25, 0.3) is 0 Å². The van der Waals surface area contributed by atoms with Crippen molar-refractivity contribution < 1.29 is 14.7 Å². The molecule has 3 aliphatic rings. The first-order chi connectivity index (χ1) is 15.5. The molecule has 2 saturated carbocycles. The van der Waals surface area contributed by atoms with Crippen molar-refractivity contribution in [1.29, 1.82) is 0 Å². The summed E-state index contributed by atoms with van der Waals surface area (Å²) in [6, 6.07) is 0. The Morgan fingerprint density at radius 2 is 1.76 bits per heavy atom. The van der Waals surface area contributed by atoms with Gasteiger partial charge in [0.25, 0.3) is 0 Å². The van der Waals surface area contributed by atoms with Crippen LogP contribution >= 0.6 is 0 Å². The number of ketones is 1. The first-order valence-corrected chi connectivity index (χ1v) is 12.9. The Hall–Kier alpha value is -2.10. The van der Waals surface area contributed by atoms with E-state index < -0.39 is 0 Å². The predicted molar refractivity (Wildman–Crippen MR) is 139 cm³/mol. The molecule has 1 amide bonds. The van der Waals surface area contributed by atoms with Gasteiger partial charge in [0.05, 0.1) is 0 Å². The molecule has 0 aliphatic heterocycles. The number of hydrogen-bond acceptors (Lipinski definition) is 3. The van der Waals surface area contributed by atoms with E-state index in [1.165, 1.54) is 5.57 Å². The minimum atomic E-state index is -0.318. The molecule has 2 N–H and O–H groups in total. The van der Waals surface area contributed by atoms with Gasteiger partial charge in [0.15, 0.2) is 5.76 Å². The van der Waals surface area contributed by atoms with Crippen LogP contribution in [0.2, 0.25) is 0 Å². The number of fused-ring (bicyclic) bond motifs is 3. The van der Waals surface area contributed by atoms with E-state index in [-0.39, 0.29) is 44.6 Å². The van der Waals surface area contributed by atoms with Gasteiger partial charge in [-0.25, -0.2) is 0 Å². The van der Waals surface area contributed by atoms with Crippen molar-refractivity contribution in [2.75, 3.05) is 0 Å². The number of hydrogen-bond donors (Lipinski definition) is 2. The summed E-state index contributed by atoms with van der Waals surface area (Å²) in [5, 5.41) is 13.3. The van der Waals surface area contributed by atoms with Crippen LogP contribution in [0, 0.1) is 21.7 Å². The van der Waals surface area contributed by atoms with Gasteiger partial charge in [-0.1, -0.05) is 57.6 Å². The number of aliphatic hydroxyl groups excluding tert-OH is 1. The first kappa shape index (κ1) is 26.5. The smallest absolute Gasteiger partial charge is 0.220 e. The number of nitrogens with one attached hydrogen (secondary N) is 1. The molecule has 0 heterocycles. The van der Waals surface area contributed by atoms with Gasteiger partial charge in [0, 0.05) is 17.9 Å². The highest BCUT2D eigenvalue weighted by molar-refractivity contribution is 6.02. The van der Waals surface area contributed by atoms with Crippen LogP contribution in [0.1, 0.15) is 100 Å². The molecule has 0 aromatic rings. The Balaban J connectivity index is 1.93. The van der Waals surface area contributed by atoms with E-state index >= 15 is 0 Å². The van der Waals surface area contributed by atoms with Crippen LogP contribution in [0.4, 0.5) is 0 Å². The molecule has 34 heavy (non-hydrogen) atoms. The number of rotatable bonds is 4. The van der Waals surface area contributed by atoms with Crippen molar-refractivity contribution in [3.63, 3.8) is 0 Å².